The predicted molar refractivity (Wildman–Crippen MR) is 124 cm³/mol. The normalized spacial score (nSPS) is 12.8. The first-order valence-electron chi connectivity index (χ1n) is 10.5. The molecule has 28 heavy (non-hydrogen) atoms. The standard InChI is InChI=1S/C23H36N2OS2/c1-18(2)20-14-13-19(22(26)21-12-11-17-27-21)23(24-20)28-16-10-8-6-5-7-9-15-25(3)4/h11-14,17-18,22,26H,5-10,15-16H2,1-4H3. The number of pyridine rings is 1. The van der Waals surface area contributed by atoms with E-state index >= 15 is 0 Å². The minimum Gasteiger partial charge on any atom is -0.383 e. The molecule has 0 aliphatic rings. The first-order valence-corrected chi connectivity index (χ1v) is 12.4. The summed E-state index contributed by atoms with van der Waals surface area (Å²) < 4.78 is 0. The number of rotatable bonds is 13. The van der Waals surface area contributed by atoms with E-state index in [2.05, 4.69) is 45.0 Å². The Hall–Kier alpha value is -0.880. The Morgan fingerprint density at radius 2 is 1.75 bits per heavy atom. The average molecular weight is 421 g/mol. The van der Waals surface area contributed by atoms with Crippen molar-refractivity contribution < 1.29 is 5.11 Å². The van der Waals surface area contributed by atoms with Crippen LogP contribution in [0.5, 0.6) is 0 Å². The summed E-state index contributed by atoms with van der Waals surface area (Å²) in [7, 11) is 4.28. The smallest absolute Gasteiger partial charge is 0.116 e. The minimum atomic E-state index is -0.576. The van der Waals surface area contributed by atoms with E-state index in [4.69, 9.17) is 4.98 Å². The van der Waals surface area contributed by atoms with Crippen molar-refractivity contribution in [2.75, 3.05) is 26.4 Å². The molecule has 1 N–H and O–H groups in total. The van der Waals surface area contributed by atoms with Gasteiger partial charge >= 0.3 is 0 Å². The van der Waals surface area contributed by atoms with Gasteiger partial charge < -0.3 is 10.0 Å². The van der Waals surface area contributed by atoms with Gasteiger partial charge in [0.15, 0.2) is 0 Å². The van der Waals surface area contributed by atoms with Gasteiger partial charge in [-0.2, -0.15) is 0 Å². The lowest BCUT2D eigenvalue weighted by molar-refractivity contribution is 0.220. The van der Waals surface area contributed by atoms with Crippen LogP contribution in [0.2, 0.25) is 0 Å². The molecule has 0 spiro atoms. The zero-order valence-electron chi connectivity index (χ0n) is 17.9. The van der Waals surface area contributed by atoms with E-state index in [1.165, 1.54) is 45.1 Å². The Morgan fingerprint density at radius 1 is 1.04 bits per heavy atom. The van der Waals surface area contributed by atoms with Crippen LogP contribution in [0.25, 0.3) is 0 Å². The number of aliphatic hydroxyl groups excluding tert-OH is 1. The van der Waals surface area contributed by atoms with Crippen LogP contribution in [0.3, 0.4) is 0 Å². The highest BCUT2D eigenvalue weighted by atomic mass is 32.2. The first-order chi connectivity index (χ1) is 13.5. The van der Waals surface area contributed by atoms with Crippen molar-refractivity contribution in [1.29, 1.82) is 0 Å². The van der Waals surface area contributed by atoms with Gasteiger partial charge in [-0.15, -0.1) is 23.1 Å². The summed E-state index contributed by atoms with van der Waals surface area (Å²) in [5.74, 6) is 1.46. The Kier molecular flexibility index (Phi) is 10.6. The van der Waals surface area contributed by atoms with Crippen LogP contribution >= 0.6 is 23.1 Å². The van der Waals surface area contributed by atoms with Crippen molar-refractivity contribution in [3.8, 4) is 0 Å². The fourth-order valence-electron chi connectivity index (χ4n) is 3.12. The molecule has 0 aliphatic heterocycles. The molecule has 0 amide bonds. The van der Waals surface area contributed by atoms with Crippen LogP contribution < -0.4 is 0 Å². The molecule has 1 atom stereocenters. The third-order valence-corrected chi connectivity index (χ3v) is 6.87. The van der Waals surface area contributed by atoms with Gasteiger partial charge in [0.05, 0.1) is 0 Å². The van der Waals surface area contributed by atoms with E-state index in [0.717, 1.165) is 26.9 Å². The van der Waals surface area contributed by atoms with Gasteiger partial charge in [-0.05, 0) is 62.7 Å². The predicted octanol–water partition coefficient (Wildman–Crippen LogP) is 6.34. The molecule has 0 aromatic carbocycles. The number of thiophene rings is 1. The summed E-state index contributed by atoms with van der Waals surface area (Å²) in [5, 5.41) is 13.8. The molecule has 0 aliphatic carbocycles. The van der Waals surface area contributed by atoms with Gasteiger partial charge in [0.1, 0.15) is 11.1 Å². The number of hydrogen-bond donors (Lipinski definition) is 1. The SMILES string of the molecule is CC(C)c1ccc(C(O)c2cccs2)c(SCCCCCCCCN(C)C)n1. The van der Waals surface area contributed by atoms with Gasteiger partial charge in [0.25, 0.3) is 0 Å². The third-order valence-electron chi connectivity index (χ3n) is 4.85. The van der Waals surface area contributed by atoms with Gasteiger partial charge in [0.2, 0.25) is 0 Å². The lowest BCUT2D eigenvalue weighted by Crippen LogP contribution is -2.12. The van der Waals surface area contributed by atoms with Gasteiger partial charge in [-0.1, -0.05) is 51.7 Å². The molecule has 2 rings (SSSR count). The Labute approximate surface area is 179 Å². The molecule has 0 saturated heterocycles. The topological polar surface area (TPSA) is 36.4 Å². The summed E-state index contributed by atoms with van der Waals surface area (Å²) in [6.45, 7) is 5.54. The summed E-state index contributed by atoms with van der Waals surface area (Å²) in [5.41, 5.74) is 2.05. The van der Waals surface area contributed by atoms with Crippen molar-refractivity contribution in [3.63, 3.8) is 0 Å². The second-order valence-electron chi connectivity index (χ2n) is 7.98. The van der Waals surface area contributed by atoms with Crippen LogP contribution in [0.15, 0.2) is 34.7 Å². The molecule has 0 fully saturated rings. The lowest BCUT2D eigenvalue weighted by Gasteiger charge is -2.16. The summed E-state index contributed by atoms with van der Waals surface area (Å²) in [6, 6.07) is 8.12. The monoisotopic (exact) mass is 420 g/mol. The molecule has 2 aromatic rings. The van der Waals surface area contributed by atoms with Crippen molar-refractivity contribution in [3.05, 3.63) is 45.8 Å². The van der Waals surface area contributed by atoms with Gasteiger partial charge in [-0.25, -0.2) is 4.98 Å². The van der Waals surface area contributed by atoms with Crippen LogP contribution in [0.1, 0.15) is 80.5 Å². The zero-order chi connectivity index (χ0) is 20.4. The molecular formula is C23H36N2OS2. The van der Waals surface area contributed by atoms with E-state index in [1.54, 1.807) is 23.1 Å². The summed E-state index contributed by atoms with van der Waals surface area (Å²) >= 11 is 3.40. The maximum Gasteiger partial charge on any atom is 0.116 e. The Bertz CT molecular complexity index is 671. The molecule has 156 valence electrons. The number of aromatic nitrogens is 1. The Balaban J connectivity index is 1.84. The molecular weight excluding hydrogens is 384 g/mol. The highest BCUT2D eigenvalue weighted by Gasteiger charge is 2.18. The van der Waals surface area contributed by atoms with Crippen molar-refractivity contribution in [2.24, 2.45) is 0 Å². The zero-order valence-corrected chi connectivity index (χ0v) is 19.5. The van der Waals surface area contributed by atoms with E-state index in [1.807, 2.05) is 17.5 Å². The number of nitrogens with zero attached hydrogens (tertiary/aromatic N) is 2. The molecule has 2 aromatic heterocycles. The molecule has 5 heteroatoms. The maximum atomic E-state index is 10.8. The molecule has 0 radical (unpaired) electrons. The van der Waals surface area contributed by atoms with Crippen LogP contribution in [0.4, 0.5) is 0 Å². The quantitative estimate of drug-likeness (QED) is 0.303. The molecule has 0 saturated carbocycles. The molecule has 0 bridgehead atoms. The highest BCUT2D eigenvalue weighted by Crippen LogP contribution is 2.33. The first kappa shape index (κ1) is 23.4. The molecule has 2 heterocycles. The fraction of sp³-hybridized carbons (Fsp3) is 0.609. The second-order valence-corrected chi connectivity index (χ2v) is 10.0. The van der Waals surface area contributed by atoms with Crippen molar-refractivity contribution in [1.82, 2.24) is 9.88 Å². The number of thioether (sulfide) groups is 1. The van der Waals surface area contributed by atoms with Gasteiger partial charge in [0, 0.05) is 16.1 Å². The largest absolute Gasteiger partial charge is 0.383 e. The van der Waals surface area contributed by atoms with Crippen LogP contribution in [0, 0.1) is 0 Å². The lowest BCUT2D eigenvalue weighted by atomic mass is 10.1. The fourth-order valence-corrected chi connectivity index (χ4v) is 4.90. The van der Waals surface area contributed by atoms with E-state index in [9.17, 15) is 5.11 Å². The number of hydrogen-bond acceptors (Lipinski definition) is 5. The summed E-state index contributed by atoms with van der Waals surface area (Å²) in [4.78, 5) is 8.13. The maximum absolute atomic E-state index is 10.8. The molecule has 3 nitrogen and oxygen atoms in total. The second kappa shape index (κ2) is 12.6. The van der Waals surface area contributed by atoms with Crippen LogP contribution in [-0.2, 0) is 0 Å². The third kappa shape index (κ3) is 7.86. The minimum absolute atomic E-state index is 0.398. The Morgan fingerprint density at radius 3 is 2.39 bits per heavy atom. The van der Waals surface area contributed by atoms with Crippen molar-refractivity contribution >= 4 is 23.1 Å². The van der Waals surface area contributed by atoms with Gasteiger partial charge in [-0.3, -0.25) is 0 Å². The van der Waals surface area contributed by atoms with E-state index in [-0.39, 0.29) is 0 Å². The average Bonchev–Trinajstić information content (AvgIpc) is 3.20. The summed E-state index contributed by atoms with van der Waals surface area (Å²) in [6.07, 6.45) is 7.20. The van der Waals surface area contributed by atoms with Crippen LogP contribution in [-0.4, -0.2) is 41.4 Å². The van der Waals surface area contributed by atoms with Crippen molar-refractivity contribution in [2.45, 2.75) is 69.4 Å². The molecule has 1 unspecified atom stereocenters. The van der Waals surface area contributed by atoms with E-state index < -0.39 is 6.10 Å². The van der Waals surface area contributed by atoms with E-state index in [0.29, 0.717) is 5.92 Å². The number of aliphatic hydroxyl groups is 1. The number of unbranched alkanes of at least 4 members (excludes halogenated alkanes) is 5. The highest BCUT2D eigenvalue weighted by molar-refractivity contribution is 7.99.